The molecule has 2 heterocycles. The number of aromatic hydroxyl groups is 1. The number of hydrogen-bond acceptors (Lipinski definition) is 5. The van der Waals surface area contributed by atoms with E-state index in [0.29, 0.717) is 32.0 Å². The van der Waals surface area contributed by atoms with Gasteiger partial charge in [-0.05, 0) is 70.9 Å². The van der Waals surface area contributed by atoms with Crippen molar-refractivity contribution in [1.29, 1.82) is 0 Å². The Labute approximate surface area is 172 Å². The molecule has 1 aliphatic rings. The van der Waals surface area contributed by atoms with Crippen LogP contribution in [0, 0.1) is 0 Å². The maximum absolute atomic E-state index is 12.7. The van der Waals surface area contributed by atoms with E-state index in [4.69, 9.17) is 16.3 Å². The molecule has 0 saturated carbocycles. The summed E-state index contributed by atoms with van der Waals surface area (Å²) in [5.74, 6) is 0.668. The Bertz CT molecular complexity index is 1140. The number of aromatic nitrogens is 2. The van der Waals surface area contributed by atoms with Gasteiger partial charge in [0.1, 0.15) is 4.83 Å². The molecule has 2 N–H and O–H groups in total. The fourth-order valence-electron chi connectivity index (χ4n) is 3.32. The number of nitrogens with zero attached hydrogens (tertiary/aromatic N) is 1. The van der Waals surface area contributed by atoms with Crippen LogP contribution in [0.3, 0.4) is 0 Å². The van der Waals surface area contributed by atoms with Gasteiger partial charge in [-0.15, -0.1) is 11.3 Å². The minimum Gasteiger partial charge on any atom is -0.503 e. The van der Waals surface area contributed by atoms with E-state index in [0.717, 1.165) is 36.1 Å². The third kappa shape index (κ3) is 3.39. The predicted octanol–water partition coefficient (Wildman–Crippen LogP) is 5.08. The number of ether oxygens (including phenoxy) is 1. The van der Waals surface area contributed by atoms with Crippen LogP contribution in [0.15, 0.2) is 21.4 Å². The summed E-state index contributed by atoms with van der Waals surface area (Å²) in [4.78, 5) is 22.0. The number of fused-ring (bicyclic) bond motifs is 3. The van der Waals surface area contributed by atoms with Crippen LogP contribution in [-0.2, 0) is 12.8 Å². The maximum atomic E-state index is 12.7. The minimum absolute atomic E-state index is 0.0166. The Morgan fingerprint density at radius 2 is 2.19 bits per heavy atom. The van der Waals surface area contributed by atoms with Crippen molar-refractivity contribution in [3.63, 3.8) is 0 Å². The second kappa shape index (κ2) is 7.30. The average molecular weight is 468 g/mol. The highest BCUT2D eigenvalue weighted by Gasteiger charge is 2.20. The molecule has 3 aromatic rings. The number of phenols is 1. The number of nitrogens with one attached hydrogen (secondary N) is 1. The first kappa shape index (κ1) is 18.5. The van der Waals surface area contributed by atoms with Crippen LogP contribution in [0.4, 0.5) is 0 Å². The molecule has 1 aromatic carbocycles. The molecule has 8 heteroatoms. The van der Waals surface area contributed by atoms with E-state index in [-0.39, 0.29) is 11.3 Å². The zero-order valence-electron chi connectivity index (χ0n) is 14.4. The summed E-state index contributed by atoms with van der Waals surface area (Å²) in [5, 5.41) is 10.9. The van der Waals surface area contributed by atoms with Crippen molar-refractivity contribution in [3.05, 3.63) is 48.8 Å². The average Bonchev–Trinajstić information content (AvgIpc) is 3.03. The highest BCUT2D eigenvalue weighted by atomic mass is 79.9. The molecule has 0 spiro atoms. The lowest BCUT2D eigenvalue weighted by molar-refractivity contribution is 0.372. The van der Waals surface area contributed by atoms with Crippen molar-refractivity contribution in [1.82, 2.24) is 9.97 Å². The standard InChI is InChI=1S/C19H16BrClN2O3S/c1-26-13-8-9(6-11(20)16(13)24)7-12(21)17-22-18(25)15-10-4-2-3-5-14(10)27-19(15)23-17/h6-8,24H,2-5H2,1H3,(H,22,23,25)/b12-7-. The molecule has 27 heavy (non-hydrogen) atoms. The van der Waals surface area contributed by atoms with E-state index in [1.807, 2.05) is 0 Å². The number of phenolic OH excluding ortho intramolecular Hbond substituents is 1. The second-order valence-electron chi connectivity index (χ2n) is 6.35. The molecule has 1 aliphatic carbocycles. The molecule has 0 aliphatic heterocycles. The molecule has 0 unspecified atom stereocenters. The summed E-state index contributed by atoms with van der Waals surface area (Å²) in [5.41, 5.74) is 1.70. The van der Waals surface area contributed by atoms with Crippen molar-refractivity contribution < 1.29 is 9.84 Å². The fraction of sp³-hybridized carbons (Fsp3) is 0.263. The predicted molar refractivity (Wildman–Crippen MR) is 113 cm³/mol. The Balaban J connectivity index is 1.79. The van der Waals surface area contributed by atoms with E-state index >= 15 is 0 Å². The summed E-state index contributed by atoms with van der Waals surface area (Å²) in [6.07, 6.45) is 5.88. The second-order valence-corrected chi connectivity index (χ2v) is 8.70. The van der Waals surface area contributed by atoms with Gasteiger partial charge in [-0.3, -0.25) is 4.79 Å². The van der Waals surface area contributed by atoms with Gasteiger partial charge in [0.25, 0.3) is 5.56 Å². The van der Waals surface area contributed by atoms with Crippen molar-refractivity contribution in [2.24, 2.45) is 0 Å². The summed E-state index contributed by atoms with van der Waals surface area (Å²) in [6.45, 7) is 0. The first-order valence-electron chi connectivity index (χ1n) is 8.46. The molecule has 5 nitrogen and oxygen atoms in total. The van der Waals surface area contributed by atoms with E-state index in [1.165, 1.54) is 12.0 Å². The summed E-state index contributed by atoms with van der Waals surface area (Å²) in [7, 11) is 1.47. The Hall–Kier alpha value is -1.83. The van der Waals surface area contributed by atoms with Gasteiger partial charge in [0.2, 0.25) is 0 Å². The van der Waals surface area contributed by atoms with Crippen LogP contribution in [0.5, 0.6) is 11.5 Å². The van der Waals surface area contributed by atoms with Crippen LogP contribution in [0.2, 0.25) is 0 Å². The summed E-state index contributed by atoms with van der Waals surface area (Å²) >= 11 is 11.3. The smallest absolute Gasteiger partial charge is 0.260 e. The molecule has 4 rings (SSSR count). The topological polar surface area (TPSA) is 75.2 Å². The SMILES string of the molecule is COc1cc(/C=C(\Cl)c2nc3sc4c(c3c(=O)[nH]2)CCCC4)cc(Br)c1O. The first-order valence-corrected chi connectivity index (χ1v) is 10.5. The largest absolute Gasteiger partial charge is 0.503 e. The molecule has 0 atom stereocenters. The van der Waals surface area contributed by atoms with Crippen LogP contribution in [0.25, 0.3) is 21.3 Å². The van der Waals surface area contributed by atoms with Crippen LogP contribution in [-0.4, -0.2) is 22.2 Å². The van der Waals surface area contributed by atoms with Gasteiger partial charge in [0.15, 0.2) is 17.3 Å². The highest BCUT2D eigenvalue weighted by Crippen LogP contribution is 2.37. The molecule has 0 saturated heterocycles. The molecule has 2 aromatic heterocycles. The fourth-order valence-corrected chi connectivity index (χ4v) is 5.26. The zero-order chi connectivity index (χ0) is 19.1. The van der Waals surface area contributed by atoms with Crippen LogP contribution in [0.1, 0.15) is 34.7 Å². The summed E-state index contributed by atoms with van der Waals surface area (Å²) in [6, 6.07) is 3.36. The van der Waals surface area contributed by atoms with Crippen molar-refractivity contribution in [2.45, 2.75) is 25.7 Å². The lowest BCUT2D eigenvalue weighted by Crippen LogP contribution is -2.12. The highest BCUT2D eigenvalue weighted by molar-refractivity contribution is 9.10. The monoisotopic (exact) mass is 466 g/mol. The molecular weight excluding hydrogens is 452 g/mol. The van der Waals surface area contributed by atoms with Gasteiger partial charge in [-0.1, -0.05) is 11.6 Å². The number of methoxy groups -OCH3 is 1. The molecule has 140 valence electrons. The number of H-pyrrole nitrogens is 1. The Morgan fingerprint density at radius 1 is 1.41 bits per heavy atom. The quantitative estimate of drug-likeness (QED) is 0.563. The number of hydrogen-bond donors (Lipinski definition) is 2. The third-order valence-corrected chi connectivity index (χ3v) is 6.69. The van der Waals surface area contributed by atoms with Gasteiger partial charge >= 0.3 is 0 Å². The lowest BCUT2D eigenvalue weighted by Gasteiger charge is -2.09. The van der Waals surface area contributed by atoms with Gasteiger partial charge in [0, 0.05) is 4.88 Å². The first-order chi connectivity index (χ1) is 13.0. The van der Waals surface area contributed by atoms with Gasteiger partial charge in [-0.25, -0.2) is 4.98 Å². The van der Waals surface area contributed by atoms with Crippen molar-refractivity contribution in [3.8, 4) is 11.5 Å². The number of aromatic amines is 1. The van der Waals surface area contributed by atoms with Crippen molar-refractivity contribution in [2.75, 3.05) is 7.11 Å². The number of benzene rings is 1. The van der Waals surface area contributed by atoms with E-state index in [1.54, 1.807) is 29.5 Å². The lowest BCUT2D eigenvalue weighted by atomic mass is 9.97. The van der Waals surface area contributed by atoms with E-state index < -0.39 is 0 Å². The molecule has 0 radical (unpaired) electrons. The molecule has 0 fully saturated rings. The number of thiophene rings is 1. The Morgan fingerprint density at radius 3 is 2.96 bits per heavy atom. The molecular formula is C19H16BrClN2O3S. The van der Waals surface area contributed by atoms with Gasteiger partial charge in [0.05, 0.1) is 22.0 Å². The third-order valence-electron chi connectivity index (χ3n) is 4.62. The maximum Gasteiger partial charge on any atom is 0.260 e. The Kier molecular flexibility index (Phi) is 5.01. The van der Waals surface area contributed by atoms with E-state index in [9.17, 15) is 9.90 Å². The molecule has 0 amide bonds. The summed E-state index contributed by atoms with van der Waals surface area (Å²) < 4.78 is 5.64. The minimum atomic E-state index is -0.148. The zero-order valence-corrected chi connectivity index (χ0v) is 17.6. The van der Waals surface area contributed by atoms with Crippen molar-refractivity contribution >= 4 is 60.2 Å². The van der Waals surface area contributed by atoms with Gasteiger partial charge < -0.3 is 14.8 Å². The number of rotatable bonds is 3. The van der Waals surface area contributed by atoms with Crippen LogP contribution >= 0.6 is 38.9 Å². The van der Waals surface area contributed by atoms with Gasteiger partial charge in [-0.2, -0.15) is 0 Å². The van der Waals surface area contributed by atoms with E-state index in [2.05, 4.69) is 25.9 Å². The molecule has 0 bridgehead atoms. The van der Waals surface area contributed by atoms with Crippen LogP contribution < -0.4 is 10.3 Å². The number of halogens is 2. The normalized spacial score (nSPS) is 14.4. The number of aryl methyl sites for hydroxylation is 2.